The number of fused-ring (bicyclic) bond motifs is 2. The Bertz CT molecular complexity index is 963. The summed E-state index contributed by atoms with van der Waals surface area (Å²) in [6.45, 7) is 0.823. The van der Waals surface area contributed by atoms with E-state index in [1.807, 2.05) is 6.20 Å². The lowest BCUT2D eigenvalue weighted by Crippen LogP contribution is -2.27. The van der Waals surface area contributed by atoms with E-state index in [1.165, 1.54) is 12.1 Å². The van der Waals surface area contributed by atoms with Crippen molar-refractivity contribution in [3.8, 4) is 5.75 Å². The van der Waals surface area contributed by atoms with E-state index in [0.717, 1.165) is 31.6 Å². The second-order valence-corrected chi connectivity index (χ2v) is 8.38. The normalized spacial score (nSPS) is 16.4. The summed E-state index contributed by atoms with van der Waals surface area (Å²) >= 11 is 6.11. The number of benzene rings is 1. The fraction of sp³-hybridized carbons (Fsp3) is 0.375. The highest BCUT2D eigenvalue weighted by molar-refractivity contribution is 7.89. The van der Waals surface area contributed by atoms with Gasteiger partial charge in [-0.25, -0.2) is 18.1 Å². The molecule has 1 amide bonds. The zero-order valence-electron chi connectivity index (χ0n) is 13.8. The summed E-state index contributed by atoms with van der Waals surface area (Å²) in [5.74, 6) is 0.944. The van der Waals surface area contributed by atoms with E-state index < -0.39 is 10.0 Å². The molecule has 0 saturated carbocycles. The van der Waals surface area contributed by atoms with Crippen LogP contribution in [0.3, 0.4) is 0 Å². The van der Waals surface area contributed by atoms with Gasteiger partial charge >= 0.3 is 0 Å². The van der Waals surface area contributed by atoms with Crippen molar-refractivity contribution in [1.29, 1.82) is 0 Å². The first kappa shape index (κ1) is 17.3. The van der Waals surface area contributed by atoms with E-state index in [4.69, 9.17) is 16.3 Å². The van der Waals surface area contributed by atoms with Crippen LogP contribution >= 0.6 is 11.6 Å². The number of amides is 1. The number of rotatable bonds is 4. The van der Waals surface area contributed by atoms with Crippen LogP contribution in [0.5, 0.6) is 5.75 Å². The van der Waals surface area contributed by atoms with E-state index in [9.17, 15) is 13.2 Å². The smallest absolute Gasteiger partial charge is 0.262 e. The number of imidazole rings is 1. The summed E-state index contributed by atoms with van der Waals surface area (Å²) in [7, 11) is -3.86. The van der Waals surface area contributed by atoms with Crippen molar-refractivity contribution in [3.05, 3.63) is 34.9 Å². The number of hydrogen-bond acceptors (Lipinski definition) is 5. The number of nitrogens with one attached hydrogen (secondary N) is 2. The van der Waals surface area contributed by atoms with E-state index in [-0.39, 0.29) is 34.7 Å². The third-order valence-corrected chi connectivity index (χ3v) is 6.22. The van der Waals surface area contributed by atoms with Crippen molar-refractivity contribution in [2.24, 2.45) is 0 Å². The van der Waals surface area contributed by atoms with Gasteiger partial charge in [-0.05, 0) is 18.9 Å². The second-order valence-electron chi connectivity index (χ2n) is 6.24. The van der Waals surface area contributed by atoms with E-state index in [0.29, 0.717) is 11.4 Å². The van der Waals surface area contributed by atoms with Crippen molar-refractivity contribution >= 4 is 33.2 Å². The summed E-state index contributed by atoms with van der Waals surface area (Å²) in [5.41, 5.74) is 1.02. The largest absolute Gasteiger partial charge is 0.482 e. The topological polar surface area (TPSA) is 102 Å². The number of ether oxygens (including phenoxy) is 1. The number of anilines is 1. The number of sulfonamides is 1. The first-order valence-electron chi connectivity index (χ1n) is 8.23. The molecule has 3 heterocycles. The zero-order valence-corrected chi connectivity index (χ0v) is 15.4. The predicted octanol–water partition coefficient (Wildman–Crippen LogP) is 1.68. The van der Waals surface area contributed by atoms with Crippen LogP contribution < -0.4 is 14.8 Å². The number of aryl methyl sites for hydroxylation is 2. The van der Waals surface area contributed by atoms with E-state index in [2.05, 4.69) is 19.6 Å². The molecule has 0 spiro atoms. The summed E-state index contributed by atoms with van der Waals surface area (Å²) in [5, 5.41) is 2.59. The molecule has 4 rings (SSSR count). The van der Waals surface area contributed by atoms with Crippen LogP contribution in [0.25, 0.3) is 0 Å². The minimum Gasteiger partial charge on any atom is -0.482 e. The molecule has 2 aliphatic rings. The predicted molar refractivity (Wildman–Crippen MR) is 94.8 cm³/mol. The summed E-state index contributed by atoms with van der Waals surface area (Å²) < 4.78 is 35.2. The van der Waals surface area contributed by atoms with Gasteiger partial charge < -0.3 is 14.6 Å². The molecule has 1 aromatic heterocycles. The Morgan fingerprint density at radius 3 is 3.00 bits per heavy atom. The number of hydrogen-bond donors (Lipinski definition) is 2. The first-order valence-corrected chi connectivity index (χ1v) is 10.1. The molecule has 0 aliphatic carbocycles. The van der Waals surface area contributed by atoms with Gasteiger partial charge in [0, 0.05) is 25.2 Å². The Balaban J connectivity index is 1.55. The van der Waals surface area contributed by atoms with Crippen LogP contribution in [0, 0.1) is 0 Å². The Hall–Kier alpha value is -2.10. The molecule has 0 bridgehead atoms. The zero-order chi connectivity index (χ0) is 18.3. The van der Waals surface area contributed by atoms with Crippen molar-refractivity contribution in [1.82, 2.24) is 14.3 Å². The molecular formula is C16H17ClN4O4S. The fourth-order valence-electron chi connectivity index (χ4n) is 3.09. The number of carbonyl (C=O) groups is 1. The third kappa shape index (κ3) is 3.29. The standard InChI is InChI=1S/C16H17ClN4O4S/c17-11-5-12-13(25-9-16(22)20-12)6-14(11)26(23,24)18-7-10-8-21-4-2-1-3-15(21)19-10/h5-6,8,18H,1-4,7,9H2,(H,20,22). The number of halogens is 1. The second kappa shape index (κ2) is 6.57. The van der Waals surface area contributed by atoms with Crippen LogP contribution in [0.15, 0.2) is 23.2 Å². The highest BCUT2D eigenvalue weighted by atomic mass is 35.5. The van der Waals surface area contributed by atoms with Gasteiger partial charge in [0.2, 0.25) is 10.0 Å². The maximum absolute atomic E-state index is 12.6. The minimum absolute atomic E-state index is 0.00573. The fourth-order valence-corrected chi connectivity index (χ4v) is 4.63. The highest BCUT2D eigenvalue weighted by Crippen LogP contribution is 2.35. The van der Waals surface area contributed by atoms with E-state index in [1.54, 1.807) is 0 Å². The molecule has 0 atom stereocenters. The minimum atomic E-state index is -3.86. The molecule has 2 aliphatic heterocycles. The van der Waals surface area contributed by atoms with Gasteiger partial charge in [0.15, 0.2) is 6.61 Å². The Kier molecular flexibility index (Phi) is 4.37. The van der Waals surface area contributed by atoms with Crippen molar-refractivity contribution in [2.45, 2.75) is 37.2 Å². The molecule has 1 aromatic carbocycles. The van der Waals surface area contributed by atoms with Gasteiger partial charge in [-0.15, -0.1) is 0 Å². The van der Waals surface area contributed by atoms with E-state index >= 15 is 0 Å². The van der Waals surface area contributed by atoms with Crippen LogP contribution in [-0.2, 0) is 34.3 Å². The lowest BCUT2D eigenvalue weighted by atomic mass is 10.2. The van der Waals surface area contributed by atoms with Gasteiger partial charge in [0.1, 0.15) is 16.5 Å². The third-order valence-electron chi connectivity index (χ3n) is 4.36. The summed E-state index contributed by atoms with van der Waals surface area (Å²) in [4.78, 5) is 15.7. The molecule has 10 heteroatoms. The van der Waals surface area contributed by atoms with Crippen LogP contribution in [0.4, 0.5) is 5.69 Å². The lowest BCUT2D eigenvalue weighted by molar-refractivity contribution is -0.118. The molecule has 0 saturated heterocycles. The van der Waals surface area contributed by atoms with Gasteiger partial charge in [0.05, 0.1) is 22.9 Å². The Morgan fingerprint density at radius 2 is 2.19 bits per heavy atom. The van der Waals surface area contributed by atoms with Crippen LogP contribution in [-0.4, -0.2) is 30.5 Å². The van der Waals surface area contributed by atoms with Gasteiger partial charge in [-0.3, -0.25) is 4.79 Å². The number of carbonyl (C=O) groups excluding carboxylic acids is 1. The van der Waals surface area contributed by atoms with Crippen LogP contribution in [0.2, 0.25) is 5.02 Å². The van der Waals surface area contributed by atoms with Gasteiger partial charge in [0.25, 0.3) is 5.91 Å². The SMILES string of the molecule is O=C1COc2cc(S(=O)(=O)NCc3cn4c(n3)CCCC4)c(Cl)cc2N1. The van der Waals surface area contributed by atoms with Gasteiger partial charge in [-0.2, -0.15) is 0 Å². The molecule has 26 heavy (non-hydrogen) atoms. The molecule has 0 fully saturated rings. The van der Waals surface area contributed by atoms with Crippen molar-refractivity contribution < 1.29 is 17.9 Å². The first-order chi connectivity index (χ1) is 12.4. The van der Waals surface area contributed by atoms with Gasteiger partial charge in [-0.1, -0.05) is 11.6 Å². The summed E-state index contributed by atoms with van der Waals surface area (Å²) in [6, 6.07) is 2.69. The molecule has 138 valence electrons. The number of nitrogens with zero attached hydrogens (tertiary/aromatic N) is 2. The summed E-state index contributed by atoms with van der Waals surface area (Å²) in [6.07, 6.45) is 5.00. The highest BCUT2D eigenvalue weighted by Gasteiger charge is 2.25. The molecular weight excluding hydrogens is 380 g/mol. The lowest BCUT2D eigenvalue weighted by Gasteiger charge is -2.19. The maximum atomic E-state index is 12.6. The molecule has 2 aromatic rings. The quantitative estimate of drug-likeness (QED) is 0.818. The maximum Gasteiger partial charge on any atom is 0.262 e. The Labute approximate surface area is 155 Å². The monoisotopic (exact) mass is 396 g/mol. The molecule has 0 radical (unpaired) electrons. The molecule has 2 N–H and O–H groups in total. The number of aromatic nitrogens is 2. The average molecular weight is 397 g/mol. The average Bonchev–Trinajstić information content (AvgIpc) is 3.02. The van der Waals surface area contributed by atoms with Crippen LogP contribution in [0.1, 0.15) is 24.4 Å². The molecule has 8 nitrogen and oxygen atoms in total. The van der Waals surface area contributed by atoms with Crippen molar-refractivity contribution in [2.75, 3.05) is 11.9 Å². The van der Waals surface area contributed by atoms with Crippen molar-refractivity contribution in [3.63, 3.8) is 0 Å². The molecule has 0 unspecified atom stereocenters. The Morgan fingerprint density at radius 1 is 1.35 bits per heavy atom.